The highest BCUT2D eigenvalue weighted by molar-refractivity contribution is 5.85. The van der Waals surface area contributed by atoms with E-state index in [4.69, 9.17) is 4.42 Å². The van der Waals surface area contributed by atoms with E-state index >= 15 is 0 Å². The Kier molecular flexibility index (Phi) is 4.93. The summed E-state index contributed by atoms with van der Waals surface area (Å²) in [6.07, 6.45) is 7.39. The molecule has 5 rings (SSSR count). The topological polar surface area (TPSA) is 81.7 Å². The van der Waals surface area contributed by atoms with Crippen molar-refractivity contribution in [2.24, 2.45) is 7.05 Å². The number of aromatic nitrogens is 5. The minimum absolute atomic E-state index is 0.0363. The molecule has 7 heteroatoms. The summed E-state index contributed by atoms with van der Waals surface area (Å²) in [4.78, 5) is 13.8. The molecular weight excluding hydrogens is 400 g/mol. The summed E-state index contributed by atoms with van der Waals surface area (Å²) < 4.78 is 7.35. The maximum Gasteiger partial charge on any atom is 0.134 e. The van der Waals surface area contributed by atoms with Crippen molar-refractivity contribution in [1.29, 1.82) is 0 Å². The van der Waals surface area contributed by atoms with E-state index in [1.54, 1.807) is 10.9 Å². The Morgan fingerprint density at radius 2 is 1.88 bits per heavy atom. The molecule has 0 bridgehead atoms. The molecule has 0 aliphatic rings. The van der Waals surface area contributed by atoms with Gasteiger partial charge in [-0.2, -0.15) is 5.10 Å². The Morgan fingerprint density at radius 1 is 1.00 bits per heavy atom. The molecule has 1 N–H and O–H groups in total. The zero-order valence-electron chi connectivity index (χ0n) is 18.5. The molecule has 0 saturated heterocycles. The van der Waals surface area contributed by atoms with E-state index in [-0.39, 0.29) is 6.04 Å². The van der Waals surface area contributed by atoms with Crippen LogP contribution in [0.3, 0.4) is 0 Å². The van der Waals surface area contributed by atoms with Gasteiger partial charge in [-0.3, -0.25) is 9.67 Å². The zero-order valence-corrected chi connectivity index (χ0v) is 18.5. The van der Waals surface area contributed by atoms with Gasteiger partial charge in [0, 0.05) is 42.0 Å². The lowest BCUT2D eigenvalue weighted by Gasteiger charge is -2.16. The number of pyridine rings is 1. The molecule has 160 valence electrons. The highest BCUT2D eigenvalue weighted by Crippen LogP contribution is 2.29. The predicted molar refractivity (Wildman–Crippen MR) is 125 cm³/mol. The molecule has 1 unspecified atom stereocenters. The molecule has 0 spiro atoms. The number of hydrogen-bond acceptors (Lipinski definition) is 6. The van der Waals surface area contributed by atoms with Crippen LogP contribution < -0.4 is 5.32 Å². The minimum atomic E-state index is 0.0363. The summed E-state index contributed by atoms with van der Waals surface area (Å²) in [7, 11) is 1.90. The van der Waals surface area contributed by atoms with Crippen LogP contribution in [0.15, 0.2) is 65.7 Å². The van der Waals surface area contributed by atoms with Crippen molar-refractivity contribution in [2.45, 2.75) is 26.8 Å². The molecule has 0 saturated carbocycles. The van der Waals surface area contributed by atoms with Gasteiger partial charge in [-0.25, -0.2) is 9.97 Å². The van der Waals surface area contributed by atoms with Crippen molar-refractivity contribution in [2.75, 3.05) is 5.32 Å². The minimum Gasteiger partial charge on any atom is -0.464 e. The first-order valence-corrected chi connectivity index (χ1v) is 10.5. The highest BCUT2D eigenvalue weighted by atomic mass is 16.3. The molecule has 7 nitrogen and oxygen atoms in total. The third-order valence-corrected chi connectivity index (χ3v) is 5.55. The average Bonchev–Trinajstić information content (AvgIpc) is 3.39. The number of benzene rings is 1. The van der Waals surface area contributed by atoms with E-state index in [9.17, 15) is 0 Å². The second kappa shape index (κ2) is 7.92. The van der Waals surface area contributed by atoms with E-state index in [1.165, 1.54) is 0 Å². The fourth-order valence-corrected chi connectivity index (χ4v) is 3.84. The van der Waals surface area contributed by atoms with Crippen molar-refractivity contribution in [3.8, 4) is 22.5 Å². The van der Waals surface area contributed by atoms with Crippen molar-refractivity contribution in [3.63, 3.8) is 0 Å². The predicted octanol–water partition coefficient (Wildman–Crippen LogP) is 5.48. The Bertz CT molecular complexity index is 1420. The van der Waals surface area contributed by atoms with Gasteiger partial charge in [0.1, 0.15) is 17.2 Å². The van der Waals surface area contributed by atoms with Crippen LogP contribution in [-0.4, -0.2) is 24.7 Å². The molecule has 4 aromatic heterocycles. The molecule has 0 radical (unpaired) electrons. The standard InChI is InChI=1S/C25H24N6O/c1-15-14-32-24-6-5-19(9-21(15)24)23-11-25(30-17(3)29-23)28-16(2)18-7-8-26-22(10-18)20-12-27-31(4)13-20/h5-14,16H,1-4H3,(H,28,29,30). The summed E-state index contributed by atoms with van der Waals surface area (Å²) in [6.45, 7) is 6.07. The maximum absolute atomic E-state index is 5.58. The SMILES string of the molecule is Cc1nc(NC(C)c2ccnc(-c3cnn(C)c3)c2)cc(-c2ccc3occ(C)c3c2)n1. The number of rotatable bonds is 5. The molecule has 1 atom stereocenters. The zero-order chi connectivity index (χ0) is 22.2. The van der Waals surface area contributed by atoms with Gasteiger partial charge in [0.15, 0.2) is 0 Å². The number of fused-ring (bicyclic) bond motifs is 1. The number of hydrogen-bond donors (Lipinski definition) is 1. The van der Waals surface area contributed by atoms with Crippen LogP contribution in [-0.2, 0) is 7.05 Å². The first-order valence-electron chi connectivity index (χ1n) is 10.5. The summed E-state index contributed by atoms with van der Waals surface area (Å²) in [5.41, 5.74) is 6.91. The quantitative estimate of drug-likeness (QED) is 0.403. The fourth-order valence-electron chi connectivity index (χ4n) is 3.84. The van der Waals surface area contributed by atoms with E-state index in [2.05, 4.69) is 44.4 Å². The van der Waals surface area contributed by atoms with Gasteiger partial charge < -0.3 is 9.73 Å². The molecule has 0 amide bonds. The second-order valence-corrected chi connectivity index (χ2v) is 8.06. The van der Waals surface area contributed by atoms with Gasteiger partial charge in [-0.05, 0) is 62.2 Å². The lowest BCUT2D eigenvalue weighted by molar-refractivity contribution is 0.613. The van der Waals surface area contributed by atoms with Gasteiger partial charge in [0.05, 0.1) is 29.9 Å². The van der Waals surface area contributed by atoms with E-state index in [0.717, 1.165) is 50.4 Å². The fraction of sp³-hybridized carbons (Fsp3) is 0.200. The van der Waals surface area contributed by atoms with Crippen LogP contribution in [0.4, 0.5) is 5.82 Å². The smallest absolute Gasteiger partial charge is 0.134 e. The van der Waals surface area contributed by atoms with Gasteiger partial charge in [0.2, 0.25) is 0 Å². The van der Waals surface area contributed by atoms with Crippen LogP contribution in [0.5, 0.6) is 0 Å². The second-order valence-electron chi connectivity index (χ2n) is 8.06. The Hall–Kier alpha value is -4.00. The van der Waals surface area contributed by atoms with Gasteiger partial charge in [-0.15, -0.1) is 0 Å². The lowest BCUT2D eigenvalue weighted by Crippen LogP contribution is -2.09. The maximum atomic E-state index is 5.58. The van der Waals surface area contributed by atoms with Crippen LogP contribution >= 0.6 is 0 Å². The van der Waals surface area contributed by atoms with Crippen molar-refractivity contribution in [3.05, 3.63) is 78.2 Å². The number of furan rings is 1. The first kappa shape index (κ1) is 19.9. The molecule has 0 fully saturated rings. The Morgan fingerprint density at radius 3 is 2.69 bits per heavy atom. The van der Waals surface area contributed by atoms with Crippen LogP contribution in [0.1, 0.15) is 29.9 Å². The monoisotopic (exact) mass is 424 g/mol. The number of aryl methyl sites for hydroxylation is 3. The first-order chi connectivity index (χ1) is 15.5. The summed E-state index contributed by atoms with van der Waals surface area (Å²) >= 11 is 0. The summed E-state index contributed by atoms with van der Waals surface area (Å²) in [5, 5.41) is 8.86. The van der Waals surface area contributed by atoms with E-state index in [0.29, 0.717) is 5.82 Å². The molecule has 0 aliphatic heterocycles. The Balaban J connectivity index is 1.43. The number of nitrogens with one attached hydrogen (secondary N) is 1. The molecule has 5 aromatic rings. The largest absolute Gasteiger partial charge is 0.464 e. The van der Waals surface area contributed by atoms with Gasteiger partial charge >= 0.3 is 0 Å². The number of nitrogens with zero attached hydrogens (tertiary/aromatic N) is 5. The third kappa shape index (κ3) is 3.85. The van der Waals surface area contributed by atoms with Crippen molar-refractivity contribution >= 4 is 16.8 Å². The van der Waals surface area contributed by atoms with Crippen molar-refractivity contribution < 1.29 is 4.42 Å². The molecule has 4 heterocycles. The van der Waals surface area contributed by atoms with Crippen LogP contribution in [0, 0.1) is 13.8 Å². The van der Waals surface area contributed by atoms with E-state index < -0.39 is 0 Å². The normalized spacial score (nSPS) is 12.2. The van der Waals surface area contributed by atoms with Crippen molar-refractivity contribution in [1.82, 2.24) is 24.7 Å². The van der Waals surface area contributed by atoms with Crippen LogP contribution in [0.25, 0.3) is 33.5 Å². The van der Waals surface area contributed by atoms with Gasteiger partial charge in [-0.1, -0.05) is 0 Å². The summed E-state index contributed by atoms with van der Waals surface area (Å²) in [6, 6.07) is 12.3. The Labute approximate surface area is 186 Å². The van der Waals surface area contributed by atoms with E-state index in [1.807, 2.05) is 63.8 Å². The number of anilines is 1. The molecule has 0 aliphatic carbocycles. The molecular formula is C25H24N6O. The highest BCUT2D eigenvalue weighted by Gasteiger charge is 2.12. The molecule has 1 aromatic carbocycles. The average molecular weight is 425 g/mol. The molecule has 32 heavy (non-hydrogen) atoms. The van der Waals surface area contributed by atoms with Crippen LogP contribution in [0.2, 0.25) is 0 Å². The van der Waals surface area contributed by atoms with Gasteiger partial charge in [0.25, 0.3) is 0 Å². The summed E-state index contributed by atoms with van der Waals surface area (Å²) in [5.74, 6) is 1.50. The third-order valence-electron chi connectivity index (χ3n) is 5.55. The lowest BCUT2D eigenvalue weighted by atomic mass is 10.1.